The van der Waals surface area contributed by atoms with Crippen LogP contribution < -0.4 is 28.5 Å². The summed E-state index contributed by atoms with van der Waals surface area (Å²) in [6.07, 6.45) is 0. The predicted octanol–water partition coefficient (Wildman–Crippen LogP) is -0.459. The smallest absolute Gasteiger partial charge is 0.132 e. The van der Waals surface area contributed by atoms with E-state index in [4.69, 9.17) is 11.6 Å². The molecule has 0 heterocycles. The molecule has 0 saturated carbocycles. The van der Waals surface area contributed by atoms with Gasteiger partial charge in [0.15, 0.2) is 0 Å². The average molecular weight is 298 g/mol. The second-order valence-electron chi connectivity index (χ2n) is 3.49. The molecular weight excluding hydrogens is 284 g/mol. The fourth-order valence-corrected chi connectivity index (χ4v) is 1.01. The maximum absolute atomic E-state index is 5.75. The Balaban J connectivity index is 0.00000121. The van der Waals surface area contributed by atoms with E-state index in [9.17, 15) is 0 Å². The van der Waals surface area contributed by atoms with E-state index < -0.39 is 0 Å². The summed E-state index contributed by atoms with van der Waals surface area (Å²) < 4.78 is 0.831. The molecular formula is C9H13ClIN. The Morgan fingerprint density at radius 3 is 1.75 bits per heavy atom. The van der Waals surface area contributed by atoms with Crippen LogP contribution in [0.25, 0.3) is 0 Å². The summed E-state index contributed by atoms with van der Waals surface area (Å²) in [5.41, 5.74) is 1.26. The predicted molar refractivity (Wildman–Crippen MR) is 51.0 cm³/mol. The van der Waals surface area contributed by atoms with Crippen molar-refractivity contribution < 1.29 is 24.0 Å². The van der Waals surface area contributed by atoms with Gasteiger partial charge in [0.25, 0.3) is 0 Å². The van der Waals surface area contributed by atoms with Crippen molar-refractivity contribution >= 4 is 17.3 Å². The number of hydrogen-bond donors (Lipinski definition) is 0. The third-order valence-corrected chi connectivity index (χ3v) is 1.85. The van der Waals surface area contributed by atoms with Gasteiger partial charge in [-0.05, 0) is 12.1 Å². The lowest BCUT2D eigenvalue weighted by atomic mass is 10.3. The molecule has 0 bridgehead atoms. The van der Waals surface area contributed by atoms with Gasteiger partial charge in [0.05, 0.1) is 21.1 Å². The highest BCUT2D eigenvalue weighted by Crippen LogP contribution is 2.19. The number of hydrogen-bond acceptors (Lipinski definition) is 0. The molecule has 1 aromatic carbocycles. The second kappa shape index (κ2) is 4.44. The van der Waals surface area contributed by atoms with E-state index >= 15 is 0 Å². The van der Waals surface area contributed by atoms with Gasteiger partial charge < -0.3 is 24.0 Å². The van der Waals surface area contributed by atoms with Crippen LogP contribution in [-0.2, 0) is 0 Å². The Kier molecular flexibility index (Phi) is 4.51. The van der Waals surface area contributed by atoms with Crippen LogP contribution >= 0.6 is 11.6 Å². The summed E-state index contributed by atoms with van der Waals surface area (Å²) in [7, 11) is 6.38. The van der Waals surface area contributed by atoms with Crippen LogP contribution in [0.4, 0.5) is 5.69 Å². The van der Waals surface area contributed by atoms with Gasteiger partial charge in [0, 0.05) is 17.2 Å². The van der Waals surface area contributed by atoms with Crippen LogP contribution in [0.5, 0.6) is 0 Å². The highest BCUT2D eigenvalue weighted by atomic mass is 127. The van der Waals surface area contributed by atoms with Crippen molar-refractivity contribution in [3.05, 3.63) is 29.3 Å². The molecule has 0 radical (unpaired) electrons. The molecule has 1 nitrogen and oxygen atoms in total. The molecule has 0 aliphatic rings. The SMILES string of the molecule is C[N+](C)(C)c1ccc(Cl)cc1.[I-]. The van der Waals surface area contributed by atoms with Crippen molar-refractivity contribution in [1.82, 2.24) is 4.48 Å². The van der Waals surface area contributed by atoms with Crippen LogP contribution in [0.15, 0.2) is 24.3 Å². The maximum Gasteiger partial charge on any atom is 0.132 e. The summed E-state index contributed by atoms with van der Waals surface area (Å²) in [4.78, 5) is 0. The van der Waals surface area contributed by atoms with E-state index in [1.807, 2.05) is 24.3 Å². The molecule has 0 saturated heterocycles. The molecule has 68 valence electrons. The van der Waals surface area contributed by atoms with Crippen LogP contribution in [-0.4, -0.2) is 21.1 Å². The first-order valence-corrected chi connectivity index (χ1v) is 3.95. The Morgan fingerprint density at radius 2 is 1.42 bits per heavy atom. The largest absolute Gasteiger partial charge is 1.00 e. The molecule has 0 aliphatic heterocycles. The molecule has 1 aromatic rings. The van der Waals surface area contributed by atoms with Gasteiger partial charge in [-0.1, -0.05) is 11.6 Å². The topological polar surface area (TPSA) is 0 Å². The Bertz CT molecular complexity index is 238. The van der Waals surface area contributed by atoms with Gasteiger partial charge in [-0.15, -0.1) is 0 Å². The van der Waals surface area contributed by atoms with Crippen LogP contribution in [0.3, 0.4) is 0 Å². The standard InChI is InChI=1S/C9H13ClN.HI/c1-11(2,3)9-6-4-8(10)5-7-9;/h4-7H,1-3H3;1H/q+1;/p-1. The number of benzene rings is 1. The van der Waals surface area contributed by atoms with E-state index in [1.54, 1.807) is 0 Å². The number of halogens is 2. The molecule has 0 fully saturated rings. The summed E-state index contributed by atoms with van der Waals surface area (Å²) >= 11 is 5.75. The van der Waals surface area contributed by atoms with Crippen molar-refractivity contribution in [3.8, 4) is 0 Å². The normalized spacial score (nSPS) is 10.7. The zero-order chi connectivity index (χ0) is 8.48. The minimum Gasteiger partial charge on any atom is -1.00 e. The van der Waals surface area contributed by atoms with Gasteiger partial charge in [-0.2, -0.15) is 0 Å². The minimum absolute atomic E-state index is 0. The van der Waals surface area contributed by atoms with Crippen molar-refractivity contribution in [2.75, 3.05) is 21.1 Å². The summed E-state index contributed by atoms with van der Waals surface area (Å²) in [5, 5.41) is 0.794. The van der Waals surface area contributed by atoms with E-state index in [0.29, 0.717) is 0 Å². The van der Waals surface area contributed by atoms with Crippen LogP contribution in [0.1, 0.15) is 0 Å². The number of nitrogens with zero attached hydrogens (tertiary/aromatic N) is 1. The van der Waals surface area contributed by atoms with Gasteiger partial charge >= 0.3 is 0 Å². The molecule has 1 rings (SSSR count). The molecule has 0 spiro atoms. The van der Waals surface area contributed by atoms with E-state index in [-0.39, 0.29) is 24.0 Å². The van der Waals surface area contributed by atoms with E-state index in [2.05, 4.69) is 21.1 Å². The summed E-state index contributed by atoms with van der Waals surface area (Å²) in [5.74, 6) is 0. The molecule has 12 heavy (non-hydrogen) atoms. The van der Waals surface area contributed by atoms with Crippen LogP contribution in [0, 0.1) is 0 Å². The third kappa shape index (κ3) is 3.29. The van der Waals surface area contributed by atoms with E-state index in [1.165, 1.54) is 5.69 Å². The molecule has 0 amide bonds. The Hall–Kier alpha value is 0.200. The molecule has 0 unspecified atom stereocenters. The lowest BCUT2D eigenvalue weighted by Crippen LogP contribution is -3.00. The van der Waals surface area contributed by atoms with Crippen LogP contribution in [0.2, 0.25) is 5.02 Å². The molecule has 0 aromatic heterocycles. The van der Waals surface area contributed by atoms with Gasteiger partial charge in [-0.25, -0.2) is 0 Å². The van der Waals surface area contributed by atoms with Crippen molar-refractivity contribution in [1.29, 1.82) is 0 Å². The fraction of sp³-hybridized carbons (Fsp3) is 0.333. The van der Waals surface area contributed by atoms with Crippen molar-refractivity contribution in [2.45, 2.75) is 0 Å². The first-order valence-electron chi connectivity index (χ1n) is 3.58. The molecule has 3 heteroatoms. The van der Waals surface area contributed by atoms with Crippen molar-refractivity contribution in [3.63, 3.8) is 0 Å². The van der Waals surface area contributed by atoms with E-state index in [0.717, 1.165) is 9.51 Å². The zero-order valence-corrected chi connectivity index (χ0v) is 10.4. The monoisotopic (exact) mass is 297 g/mol. The third-order valence-electron chi connectivity index (χ3n) is 1.60. The average Bonchev–Trinajstić information content (AvgIpc) is 1.86. The summed E-state index contributed by atoms with van der Waals surface area (Å²) in [6.45, 7) is 0. The Labute approximate surface area is 95.9 Å². The first kappa shape index (κ1) is 12.2. The number of rotatable bonds is 1. The molecule has 0 atom stereocenters. The molecule has 0 N–H and O–H groups in total. The summed E-state index contributed by atoms with van der Waals surface area (Å²) in [6, 6.07) is 7.92. The number of quaternary nitrogens is 1. The minimum atomic E-state index is 0. The second-order valence-corrected chi connectivity index (χ2v) is 3.93. The zero-order valence-electron chi connectivity index (χ0n) is 7.51. The Morgan fingerprint density at radius 1 is 1.00 bits per heavy atom. The highest BCUT2D eigenvalue weighted by molar-refractivity contribution is 6.30. The fourth-order valence-electron chi connectivity index (χ4n) is 0.888. The lowest BCUT2D eigenvalue weighted by molar-refractivity contribution is -0.00000246. The van der Waals surface area contributed by atoms with Gasteiger partial charge in [0.1, 0.15) is 5.69 Å². The maximum atomic E-state index is 5.75. The quantitative estimate of drug-likeness (QED) is 0.486. The molecule has 0 aliphatic carbocycles. The van der Waals surface area contributed by atoms with Gasteiger partial charge in [0.2, 0.25) is 0 Å². The lowest BCUT2D eigenvalue weighted by Gasteiger charge is -2.23. The van der Waals surface area contributed by atoms with Crippen molar-refractivity contribution in [2.24, 2.45) is 0 Å². The first-order chi connectivity index (χ1) is 5.00. The van der Waals surface area contributed by atoms with Gasteiger partial charge in [-0.3, -0.25) is 4.48 Å². The highest BCUT2D eigenvalue weighted by Gasteiger charge is 2.10.